The minimum atomic E-state index is 0.362. The second kappa shape index (κ2) is 6.68. The number of aryl methyl sites for hydroxylation is 2. The molecule has 5 heteroatoms. The molecule has 104 valence electrons. The van der Waals surface area contributed by atoms with Crippen molar-refractivity contribution in [2.75, 3.05) is 6.54 Å². The van der Waals surface area contributed by atoms with Crippen molar-refractivity contribution < 1.29 is 0 Å². The molecule has 2 rings (SSSR count). The molecular weight excluding hydrogens is 322 g/mol. The van der Waals surface area contributed by atoms with Gasteiger partial charge in [0.05, 0.1) is 5.69 Å². The first-order chi connectivity index (χ1) is 9.13. The molecule has 0 spiro atoms. The van der Waals surface area contributed by atoms with E-state index in [1.54, 1.807) is 11.3 Å². The van der Waals surface area contributed by atoms with E-state index in [0.29, 0.717) is 6.04 Å². The Balaban J connectivity index is 2.18. The number of likely N-dealkylation sites (N-methyl/N-ethyl adjacent to an activating group) is 1. The van der Waals surface area contributed by atoms with E-state index in [-0.39, 0.29) is 0 Å². The number of thiophene rings is 1. The molecule has 1 atom stereocenters. The Bertz CT molecular complexity index is 533. The summed E-state index contributed by atoms with van der Waals surface area (Å²) in [5.41, 5.74) is 2.45. The zero-order valence-corrected chi connectivity index (χ0v) is 14.0. The average molecular weight is 342 g/mol. The highest BCUT2D eigenvalue weighted by Gasteiger charge is 2.16. The number of nitrogens with zero attached hydrogens (tertiary/aromatic N) is 2. The summed E-state index contributed by atoms with van der Waals surface area (Å²) in [4.78, 5) is 1.37. The van der Waals surface area contributed by atoms with Gasteiger partial charge in [-0.05, 0) is 41.0 Å². The van der Waals surface area contributed by atoms with E-state index >= 15 is 0 Å². The van der Waals surface area contributed by atoms with E-state index in [1.165, 1.54) is 16.3 Å². The van der Waals surface area contributed by atoms with Crippen LogP contribution in [-0.4, -0.2) is 16.3 Å². The van der Waals surface area contributed by atoms with Crippen molar-refractivity contribution in [3.63, 3.8) is 0 Å². The van der Waals surface area contributed by atoms with Gasteiger partial charge in [0.25, 0.3) is 0 Å². The molecule has 1 unspecified atom stereocenters. The first kappa shape index (κ1) is 14.8. The number of hydrogen-bond donors (Lipinski definition) is 1. The van der Waals surface area contributed by atoms with Gasteiger partial charge in [0.2, 0.25) is 0 Å². The molecular formula is C14H20BrN3S. The highest BCUT2D eigenvalue weighted by atomic mass is 79.9. The number of hydrogen-bond acceptors (Lipinski definition) is 3. The topological polar surface area (TPSA) is 29.9 Å². The molecule has 0 aliphatic heterocycles. The van der Waals surface area contributed by atoms with Crippen LogP contribution in [0.4, 0.5) is 0 Å². The molecule has 2 heterocycles. The average Bonchev–Trinajstić information content (AvgIpc) is 2.96. The van der Waals surface area contributed by atoms with Gasteiger partial charge < -0.3 is 5.32 Å². The summed E-state index contributed by atoms with van der Waals surface area (Å²) >= 11 is 5.33. The first-order valence-electron chi connectivity index (χ1n) is 6.63. The Morgan fingerprint density at radius 3 is 2.74 bits per heavy atom. The number of halogens is 1. The second-order valence-corrected chi connectivity index (χ2v) is 6.44. The number of nitrogens with one attached hydrogen (secondary N) is 1. The third-order valence-electron chi connectivity index (χ3n) is 3.18. The Labute approximate surface area is 127 Å². The van der Waals surface area contributed by atoms with Gasteiger partial charge in [-0.2, -0.15) is 5.10 Å². The molecule has 0 bridgehead atoms. The molecule has 0 amide bonds. The molecule has 0 radical (unpaired) electrons. The van der Waals surface area contributed by atoms with E-state index in [2.05, 4.69) is 57.7 Å². The minimum Gasteiger partial charge on any atom is -0.309 e. The van der Waals surface area contributed by atoms with Crippen LogP contribution < -0.4 is 5.32 Å². The fourth-order valence-electron chi connectivity index (χ4n) is 2.18. The Hall–Kier alpha value is -0.650. The summed E-state index contributed by atoms with van der Waals surface area (Å²) in [5.74, 6) is 0. The smallest absolute Gasteiger partial charge is 0.0624 e. The Kier molecular flexibility index (Phi) is 5.19. The van der Waals surface area contributed by atoms with Gasteiger partial charge in [-0.15, -0.1) is 11.3 Å². The van der Waals surface area contributed by atoms with Gasteiger partial charge in [-0.1, -0.05) is 13.8 Å². The molecule has 2 aromatic rings. The van der Waals surface area contributed by atoms with Crippen molar-refractivity contribution in [3.05, 3.63) is 38.3 Å². The molecule has 19 heavy (non-hydrogen) atoms. The molecule has 0 saturated carbocycles. The van der Waals surface area contributed by atoms with Crippen LogP contribution >= 0.6 is 27.3 Å². The quantitative estimate of drug-likeness (QED) is 0.868. The normalized spacial score (nSPS) is 12.8. The SMILES string of the molecule is CCNC(Cc1cc(CC)nn1C)c1cc(Br)cs1. The lowest BCUT2D eigenvalue weighted by molar-refractivity contribution is 0.535. The number of aromatic nitrogens is 2. The number of rotatable bonds is 6. The zero-order valence-electron chi connectivity index (χ0n) is 11.6. The van der Waals surface area contributed by atoms with E-state index < -0.39 is 0 Å². The van der Waals surface area contributed by atoms with Crippen LogP contribution in [0.2, 0.25) is 0 Å². The summed E-state index contributed by atoms with van der Waals surface area (Å²) in [6.07, 6.45) is 1.97. The van der Waals surface area contributed by atoms with Crippen LogP contribution in [0.3, 0.4) is 0 Å². The maximum atomic E-state index is 4.52. The summed E-state index contributed by atoms with van der Waals surface area (Å²) in [5, 5.41) is 10.2. The lowest BCUT2D eigenvalue weighted by Crippen LogP contribution is -2.23. The zero-order chi connectivity index (χ0) is 13.8. The summed E-state index contributed by atoms with van der Waals surface area (Å²) in [7, 11) is 2.03. The van der Waals surface area contributed by atoms with Gasteiger partial charge in [0.15, 0.2) is 0 Å². The van der Waals surface area contributed by atoms with E-state index in [9.17, 15) is 0 Å². The maximum absolute atomic E-state index is 4.52. The summed E-state index contributed by atoms with van der Waals surface area (Å²) in [6, 6.07) is 4.78. The van der Waals surface area contributed by atoms with Gasteiger partial charge in [0.1, 0.15) is 0 Å². The van der Waals surface area contributed by atoms with Crippen LogP contribution in [0.25, 0.3) is 0 Å². The highest BCUT2D eigenvalue weighted by molar-refractivity contribution is 9.10. The predicted molar refractivity (Wildman–Crippen MR) is 84.7 cm³/mol. The molecule has 0 aliphatic carbocycles. The van der Waals surface area contributed by atoms with Gasteiger partial charge >= 0.3 is 0 Å². The molecule has 0 fully saturated rings. The molecule has 0 saturated heterocycles. The molecule has 2 aromatic heterocycles. The van der Waals surface area contributed by atoms with Crippen molar-refractivity contribution in [1.29, 1.82) is 0 Å². The Morgan fingerprint density at radius 2 is 2.21 bits per heavy atom. The maximum Gasteiger partial charge on any atom is 0.0624 e. The first-order valence-corrected chi connectivity index (χ1v) is 8.30. The minimum absolute atomic E-state index is 0.362. The van der Waals surface area contributed by atoms with Crippen molar-refractivity contribution in [2.24, 2.45) is 7.05 Å². The molecule has 1 N–H and O–H groups in total. The van der Waals surface area contributed by atoms with Crippen LogP contribution in [0.15, 0.2) is 22.0 Å². The summed E-state index contributed by atoms with van der Waals surface area (Å²) in [6.45, 7) is 5.26. The molecule has 0 aromatic carbocycles. The fourth-order valence-corrected chi connectivity index (χ4v) is 3.70. The lowest BCUT2D eigenvalue weighted by Gasteiger charge is -2.16. The van der Waals surface area contributed by atoms with Crippen molar-refractivity contribution in [3.8, 4) is 0 Å². The van der Waals surface area contributed by atoms with Crippen LogP contribution in [0.1, 0.15) is 36.2 Å². The second-order valence-electron chi connectivity index (χ2n) is 4.59. The van der Waals surface area contributed by atoms with E-state index in [4.69, 9.17) is 0 Å². The Morgan fingerprint density at radius 1 is 1.42 bits per heavy atom. The van der Waals surface area contributed by atoms with Crippen LogP contribution in [-0.2, 0) is 19.9 Å². The largest absolute Gasteiger partial charge is 0.309 e. The van der Waals surface area contributed by atoms with Crippen LogP contribution in [0, 0.1) is 0 Å². The summed E-state index contributed by atoms with van der Waals surface area (Å²) < 4.78 is 3.17. The fraction of sp³-hybridized carbons (Fsp3) is 0.500. The molecule has 0 aliphatic rings. The third kappa shape index (κ3) is 3.68. The van der Waals surface area contributed by atoms with E-state index in [0.717, 1.165) is 23.9 Å². The predicted octanol–water partition coefficient (Wildman–Crippen LogP) is 3.70. The molecule has 3 nitrogen and oxygen atoms in total. The van der Waals surface area contributed by atoms with Crippen molar-refractivity contribution in [2.45, 2.75) is 32.7 Å². The van der Waals surface area contributed by atoms with Gasteiger partial charge in [-0.3, -0.25) is 4.68 Å². The van der Waals surface area contributed by atoms with Crippen molar-refractivity contribution >= 4 is 27.3 Å². The monoisotopic (exact) mass is 341 g/mol. The van der Waals surface area contributed by atoms with Crippen LogP contribution in [0.5, 0.6) is 0 Å². The van der Waals surface area contributed by atoms with Gasteiger partial charge in [-0.25, -0.2) is 0 Å². The van der Waals surface area contributed by atoms with E-state index in [1.807, 2.05) is 11.7 Å². The third-order valence-corrected chi connectivity index (χ3v) is 4.99. The lowest BCUT2D eigenvalue weighted by atomic mass is 10.1. The highest BCUT2D eigenvalue weighted by Crippen LogP contribution is 2.28. The van der Waals surface area contributed by atoms with Crippen molar-refractivity contribution in [1.82, 2.24) is 15.1 Å². The standard InChI is InChI=1S/C14H20BrN3S/c1-4-11-7-12(18(3)17-11)8-13(16-5-2)14-6-10(15)9-19-14/h6-7,9,13,16H,4-5,8H2,1-3H3. The van der Waals surface area contributed by atoms with Gasteiger partial charge in [0, 0.05) is 39.9 Å².